The highest BCUT2D eigenvalue weighted by Crippen LogP contribution is 2.46. The van der Waals surface area contributed by atoms with Crippen LogP contribution >= 0.6 is 11.3 Å². The van der Waals surface area contributed by atoms with Crippen LogP contribution in [0.25, 0.3) is 0 Å². The Kier molecular flexibility index (Phi) is 5.18. The molecule has 1 aromatic heterocycles. The molecule has 0 unspecified atom stereocenters. The number of ether oxygens (including phenoxy) is 1. The number of hydrogen-bond donors (Lipinski definition) is 1. The van der Waals surface area contributed by atoms with Gasteiger partial charge in [0.1, 0.15) is 0 Å². The Morgan fingerprint density at radius 3 is 2.64 bits per heavy atom. The van der Waals surface area contributed by atoms with E-state index in [0.29, 0.717) is 18.6 Å². The van der Waals surface area contributed by atoms with E-state index in [0.717, 1.165) is 29.0 Å². The maximum atomic E-state index is 13.3. The maximum absolute atomic E-state index is 13.3. The minimum atomic E-state index is -0.356. The van der Waals surface area contributed by atoms with Gasteiger partial charge in [-0.3, -0.25) is 4.79 Å². The third-order valence-electron chi connectivity index (χ3n) is 5.47. The third kappa shape index (κ3) is 3.31. The Morgan fingerprint density at radius 1 is 1.18 bits per heavy atom. The lowest BCUT2D eigenvalue weighted by molar-refractivity contribution is -0.138. The summed E-state index contributed by atoms with van der Waals surface area (Å²) < 4.78 is 5.32. The average molecular weight is 394 g/mol. The number of allylic oxidation sites excluding steroid dienone is 3. The van der Waals surface area contributed by atoms with Gasteiger partial charge in [-0.25, -0.2) is 4.79 Å². The number of dihydropyridines is 1. The Bertz CT molecular complexity index is 957. The number of hydrogen-bond acceptors (Lipinski definition) is 5. The maximum Gasteiger partial charge on any atom is 0.336 e. The zero-order valence-electron chi connectivity index (χ0n) is 16.0. The molecule has 0 radical (unpaired) electrons. The molecule has 5 heteroatoms. The number of nitrogens with one attached hydrogen (secondary N) is 1. The first-order valence-corrected chi connectivity index (χ1v) is 10.5. The summed E-state index contributed by atoms with van der Waals surface area (Å²) in [6, 6.07) is 12.2. The summed E-state index contributed by atoms with van der Waals surface area (Å²) in [6.45, 7) is 4.00. The van der Waals surface area contributed by atoms with E-state index in [9.17, 15) is 9.59 Å². The highest BCUT2D eigenvalue weighted by Gasteiger charge is 2.41. The molecule has 28 heavy (non-hydrogen) atoms. The Hall–Kier alpha value is -2.66. The largest absolute Gasteiger partial charge is 0.463 e. The van der Waals surface area contributed by atoms with E-state index >= 15 is 0 Å². The number of thiophene rings is 1. The summed E-state index contributed by atoms with van der Waals surface area (Å²) in [5.74, 6) is -0.452. The van der Waals surface area contributed by atoms with Crippen LogP contribution in [0.3, 0.4) is 0 Å². The van der Waals surface area contributed by atoms with Crippen molar-refractivity contribution in [3.8, 4) is 0 Å². The first kappa shape index (κ1) is 18.7. The fraction of sp³-hybridized carbons (Fsp3) is 0.304. The van der Waals surface area contributed by atoms with Crippen LogP contribution in [0, 0.1) is 0 Å². The summed E-state index contributed by atoms with van der Waals surface area (Å²) >= 11 is 1.57. The van der Waals surface area contributed by atoms with Crippen LogP contribution < -0.4 is 5.32 Å². The molecule has 0 spiro atoms. The van der Waals surface area contributed by atoms with Crippen molar-refractivity contribution in [1.29, 1.82) is 0 Å². The van der Waals surface area contributed by atoms with Gasteiger partial charge in [-0.15, -0.1) is 0 Å². The molecule has 2 aliphatic rings. The van der Waals surface area contributed by atoms with Crippen molar-refractivity contribution in [2.45, 2.75) is 38.5 Å². The predicted octanol–water partition coefficient (Wildman–Crippen LogP) is 4.67. The number of ketones is 1. The second-order valence-corrected chi connectivity index (χ2v) is 7.99. The first-order valence-electron chi connectivity index (χ1n) is 9.58. The summed E-state index contributed by atoms with van der Waals surface area (Å²) in [7, 11) is 0. The Morgan fingerprint density at radius 2 is 1.96 bits per heavy atom. The fourth-order valence-electron chi connectivity index (χ4n) is 4.25. The van der Waals surface area contributed by atoms with Crippen LogP contribution in [0.1, 0.15) is 49.7 Å². The lowest BCUT2D eigenvalue weighted by atomic mass is 9.72. The van der Waals surface area contributed by atoms with Crippen molar-refractivity contribution < 1.29 is 14.3 Å². The van der Waals surface area contributed by atoms with Crippen molar-refractivity contribution >= 4 is 23.1 Å². The van der Waals surface area contributed by atoms with Crippen LogP contribution in [0.5, 0.6) is 0 Å². The van der Waals surface area contributed by atoms with E-state index in [4.69, 9.17) is 4.74 Å². The van der Waals surface area contributed by atoms with Crippen molar-refractivity contribution in [2.24, 2.45) is 0 Å². The standard InChI is InChI=1S/C23H23NO3S/c1-3-27-23(26)20-14(2)24-18-11-17(15-7-5-4-6-8-15)12-19(25)22(18)21(20)16-9-10-28-13-16/h4-10,13,17,21,24H,3,11-12H2,1-2H3/t17-,21-/m1/s1. The van der Waals surface area contributed by atoms with Crippen molar-refractivity contribution in [3.05, 3.63) is 80.8 Å². The Balaban J connectivity index is 1.77. The SMILES string of the molecule is CCOC(=O)C1=C(C)NC2=C(C(=O)C[C@H](c3ccccc3)C2)[C@@H]1c1ccsc1. The molecule has 2 aromatic rings. The van der Waals surface area contributed by atoms with Gasteiger partial charge in [0, 0.05) is 29.3 Å². The van der Waals surface area contributed by atoms with Crippen LogP contribution in [0.2, 0.25) is 0 Å². The number of carbonyl (C=O) groups excluding carboxylic acids is 2. The van der Waals surface area contributed by atoms with E-state index in [1.54, 1.807) is 18.3 Å². The molecule has 2 heterocycles. The number of esters is 1. The molecule has 144 valence electrons. The molecule has 4 rings (SSSR count). The quantitative estimate of drug-likeness (QED) is 0.767. The lowest BCUT2D eigenvalue weighted by Gasteiger charge is -2.36. The molecule has 0 saturated carbocycles. The molecule has 1 aliphatic carbocycles. The van der Waals surface area contributed by atoms with Gasteiger partial charge in [-0.05, 0) is 54.1 Å². The van der Waals surface area contributed by atoms with Crippen LogP contribution in [0.15, 0.2) is 69.7 Å². The van der Waals surface area contributed by atoms with Gasteiger partial charge in [0.15, 0.2) is 5.78 Å². The van der Waals surface area contributed by atoms with Crippen LogP contribution in [0.4, 0.5) is 0 Å². The second kappa shape index (κ2) is 7.76. The highest BCUT2D eigenvalue weighted by atomic mass is 32.1. The van der Waals surface area contributed by atoms with Gasteiger partial charge in [-0.2, -0.15) is 11.3 Å². The highest BCUT2D eigenvalue weighted by molar-refractivity contribution is 7.08. The van der Waals surface area contributed by atoms with E-state index < -0.39 is 0 Å². The van der Waals surface area contributed by atoms with E-state index in [-0.39, 0.29) is 23.6 Å². The number of Topliss-reactive ketones (excluding diaryl/α,β-unsaturated/α-hetero) is 1. The topological polar surface area (TPSA) is 55.4 Å². The minimum absolute atomic E-state index is 0.105. The molecule has 1 N–H and O–H groups in total. The molecule has 0 amide bonds. The smallest absolute Gasteiger partial charge is 0.336 e. The summed E-state index contributed by atoms with van der Waals surface area (Å²) in [5.41, 5.74) is 5.13. The molecule has 1 aliphatic heterocycles. The number of carbonyl (C=O) groups is 2. The molecular formula is C23H23NO3S. The normalized spacial score (nSPS) is 22.0. The molecular weight excluding hydrogens is 370 g/mol. The Labute approximate surface area is 168 Å². The molecule has 4 nitrogen and oxygen atoms in total. The fourth-order valence-corrected chi connectivity index (χ4v) is 4.94. The number of benzene rings is 1. The lowest BCUT2D eigenvalue weighted by Crippen LogP contribution is -2.36. The predicted molar refractivity (Wildman–Crippen MR) is 110 cm³/mol. The van der Waals surface area contributed by atoms with E-state index in [2.05, 4.69) is 17.4 Å². The molecule has 2 atom stereocenters. The first-order chi connectivity index (χ1) is 13.6. The van der Waals surface area contributed by atoms with Crippen LogP contribution in [-0.2, 0) is 14.3 Å². The van der Waals surface area contributed by atoms with E-state index in [1.807, 2.05) is 41.9 Å². The molecule has 1 aromatic carbocycles. The van der Waals surface area contributed by atoms with Crippen molar-refractivity contribution in [2.75, 3.05) is 6.61 Å². The third-order valence-corrected chi connectivity index (χ3v) is 6.17. The average Bonchev–Trinajstić information content (AvgIpc) is 3.22. The van der Waals surface area contributed by atoms with E-state index in [1.165, 1.54) is 5.56 Å². The summed E-state index contributed by atoms with van der Waals surface area (Å²) in [5, 5.41) is 7.37. The van der Waals surface area contributed by atoms with Gasteiger partial charge >= 0.3 is 5.97 Å². The second-order valence-electron chi connectivity index (χ2n) is 7.21. The molecule has 0 bridgehead atoms. The zero-order valence-corrected chi connectivity index (χ0v) is 16.8. The van der Waals surface area contributed by atoms with Crippen molar-refractivity contribution in [3.63, 3.8) is 0 Å². The van der Waals surface area contributed by atoms with Gasteiger partial charge in [0.2, 0.25) is 0 Å². The zero-order chi connectivity index (χ0) is 19.7. The van der Waals surface area contributed by atoms with Crippen LogP contribution in [-0.4, -0.2) is 18.4 Å². The monoisotopic (exact) mass is 393 g/mol. The van der Waals surface area contributed by atoms with Gasteiger partial charge in [-0.1, -0.05) is 30.3 Å². The number of rotatable bonds is 4. The molecule has 0 saturated heterocycles. The summed E-state index contributed by atoms with van der Waals surface area (Å²) in [6.07, 6.45) is 1.22. The van der Waals surface area contributed by atoms with Gasteiger partial charge in [0.05, 0.1) is 12.2 Å². The summed E-state index contributed by atoms with van der Waals surface area (Å²) in [4.78, 5) is 26.0. The van der Waals surface area contributed by atoms with Crippen molar-refractivity contribution in [1.82, 2.24) is 5.32 Å². The molecule has 0 fully saturated rings. The van der Waals surface area contributed by atoms with Gasteiger partial charge in [0.25, 0.3) is 0 Å². The van der Waals surface area contributed by atoms with Gasteiger partial charge < -0.3 is 10.1 Å². The minimum Gasteiger partial charge on any atom is -0.463 e.